The summed E-state index contributed by atoms with van der Waals surface area (Å²) in [6.45, 7) is 0. The van der Waals surface area contributed by atoms with Gasteiger partial charge in [-0.1, -0.05) is 12.1 Å². The number of hydrogen-bond acceptors (Lipinski definition) is 3. The lowest BCUT2D eigenvalue weighted by atomic mass is 9.93. The highest BCUT2D eigenvalue weighted by atomic mass is 16.4. The van der Waals surface area contributed by atoms with Crippen molar-refractivity contribution in [3.05, 3.63) is 29.3 Å². The molecule has 0 aromatic heterocycles. The van der Waals surface area contributed by atoms with E-state index in [0.717, 1.165) is 5.56 Å². The first-order valence-electron chi connectivity index (χ1n) is 4.46. The average Bonchev–Trinajstić information content (AvgIpc) is 2.47. The Hall–Kier alpha value is -1.55. The minimum absolute atomic E-state index is 0.422. The zero-order valence-corrected chi connectivity index (χ0v) is 7.66. The van der Waals surface area contributed by atoms with E-state index in [1.165, 1.54) is 0 Å². The molecular formula is C10H12N2O2. The summed E-state index contributed by atoms with van der Waals surface area (Å²) < 4.78 is 0. The number of carboxylic acid groups (broad SMARTS) is 1. The van der Waals surface area contributed by atoms with Gasteiger partial charge in [0.1, 0.15) is 5.54 Å². The number of nitrogens with two attached hydrogens (primary N) is 2. The van der Waals surface area contributed by atoms with Crippen molar-refractivity contribution in [2.75, 3.05) is 5.73 Å². The van der Waals surface area contributed by atoms with Crippen LogP contribution in [0.3, 0.4) is 0 Å². The van der Waals surface area contributed by atoms with E-state index in [0.29, 0.717) is 24.1 Å². The van der Waals surface area contributed by atoms with Crippen molar-refractivity contribution < 1.29 is 9.90 Å². The number of rotatable bonds is 1. The van der Waals surface area contributed by atoms with E-state index in [1.807, 2.05) is 0 Å². The summed E-state index contributed by atoms with van der Waals surface area (Å²) >= 11 is 0. The van der Waals surface area contributed by atoms with Crippen LogP contribution in [0.4, 0.5) is 5.69 Å². The molecule has 1 aromatic carbocycles. The van der Waals surface area contributed by atoms with Crippen LogP contribution in [0.15, 0.2) is 18.2 Å². The maximum Gasteiger partial charge on any atom is 0.328 e. The predicted octanol–water partition coefficient (Wildman–Crippen LogP) is 0.454. The molecule has 0 fully saturated rings. The molecule has 1 aliphatic carbocycles. The van der Waals surface area contributed by atoms with Gasteiger partial charge in [0.05, 0.1) is 0 Å². The minimum Gasteiger partial charge on any atom is -0.480 e. The van der Waals surface area contributed by atoms with Crippen LogP contribution in [0, 0.1) is 0 Å². The molecule has 1 atom stereocenters. The molecule has 1 aromatic rings. The summed E-state index contributed by atoms with van der Waals surface area (Å²) in [5, 5.41) is 9.04. The van der Waals surface area contributed by atoms with Crippen LogP contribution < -0.4 is 11.5 Å². The predicted molar refractivity (Wildman–Crippen MR) is 52.7 cm³/mol. The first kappa shape index (κ1) is 9.02. The Balaban J connectivity index is 2.60. The fourth-order valence-corrected chi connectivity index (χ4v) is 1.98. The smallest absolute Gasteiger partial charge is 0.328 e. The van der Waals surface area contributed by atoms with Gasteiger partial charge in [-0.3, -0.25) is 0 Å². The Morgan fingerprint density at radius 2 is 2.21 bits per heavy atom. The number of aliphatic carboxylic acids is 1. The van der Waals surface area contributed by atoms with Gasteiger partial charge in [-0.2, -0.15) is 0 Å². The third-order valence-corrected chi connectivity index (χ3v) is 2.84. The first-order chi connectivity index (χ1) is 6.55. The summed E-state index contributed by atoms with van der Waals surface area (Å²) in [7, 11) is 0. The van der Waals surface area contributed by atoms with Crippen LogP contribution >= 0.6 is 0 Å². The van der Waals surface area contributed by atoms with E-state index in [2.05, 4.69) is 0 Å². The Morgan fingerprint density at radius 1 is 1.50 bits per heavy atom. The second-order valence-corrected chi connectivity index (χ2v) is 3.65. The molecule has 14 heavy (non-hydrogen) atoms. The lowest BCUT2D eigenvalue weighted by Gasteiger charge is -2.19. The highest BCUT2D eigenvalue weighted by Gasteiger charge is 2.42. The van der Waals surface area contributed by atoms with E-state index in [1.54, 1.807) is 18.2 Å². The second-order valence-electron chi connectivity index (χ2n) is 3.65. The summed E-state index contributed by atoms with van der Waals surface area (Å²) in [6, 6.07) is 5.25. The highest BCUT2D eigenvalue weighted by molar-refractivity contribution is 5.83. The molecule has 0 radical (unpaired) electrons. The molecule has 0 amide bonds. The molecule has 0 saturated carbocycles. The maximum absolute atomic E-state index is 11.0. The van der Waals surface area contributed by atoms with Gasteiger partial charge in [-0.05, 0) is 30.0 Å². The van der Waals surface area contributed by atoms with E-state index >= 15 is 0 Å². The number of carboxylic acids is 1. The van der Waals surface area contributed by atoms with Gasteiger partial charge in [0.15, 0.2) is 0 Å². The minimum atomic E-state index is -1.25. The first-order valence-corrected chi connectivity index (χ1v) is 4.46. The summed E-state index contributed by atoms with van der Waals surface area (Å²) in [4.78, 5) is 11.0. The van der Waals surface area contributed by atoms with Crippen LogP contribution in [0.5, 0.6) is 0 Å². The van der Waals surface area contributed by atoms with E-state index < -0.39 is 11.5 Å². The summed E-state index contributed by atoms with van der Waals surface area (Å²) in [5.41, 5.74) is 12.5. The van der Waals surface area contributed by atoms with Gasteiger partial charge in [-0.25, -0.2) is 4.79 Å². The largest absolute Gasteiger partial charge is 0.480 e. The zero-order chi connectivity index (χ0) is 10.3. The highest BCUT2D eigenvalue weighted by Crippen LogP contribution is 2.37. The molecule has 0 saturated heterocycles. The zero-order valence-electron chi connectivity index (χ0n) is 7.66. The Labute approximate surface area is 81.5 Å². The van der Waals surface area contributed by atoms with Crippen LogP contribution in [0.25, 0.3) is 0 Å². The molecule has 4 nitrogen and oxygen atoms in total. The molecule has 0 heterocycles. The van der Waals surface area contributed by atoms with Crippen LogP contribution in [0.2, 0.25) is 0 Å². The van der Waals surface area contributed by atoms with Crippen LogP contribution in [0.1, 0.15) is 17.5 Å². The number of anilines is 1. The van der Waals surface area contributed by atoms with Gasteiger partial charge < -0.3 is 16.6 Å². The molecule has 5 N–H and O–H groups in total. The van der Waals surface area contributed by atoms with Crippen molar-refractivity contribution >= 4 is 11.7 Å². The number of fused-ring (bicyclic) bond motifs is 1. The van der Waals surface area contributed by atoms with Gasteiger partial charge in [0.25, 0.3) is 0 Å². The van der Waals surface area contributed by atoms with Gasteiger partial charge in [-0.15, -0.1) is 0 Å². The van der Waals surface area contributed by atoms with Crippen molar-refractivity contribution in [3.63, 3.8) is 0 Å². The summed E-state index contributed by atoms with van der Waals surface area (Å²) in [5.74, 6) is -0.984. The van der Waals surface area contributed by atoms with Crippen molar-refractivity contribution in [1.82, 2.24) is 0 Å². The standard InChI is InChI=1S/C10H12N2O2/c11-8-3-1-2-7-6(8)4-5-10(7,12)9(13)14/h1-3H,4-5,11-12H2,(H,13,14). The topological polar surface area (TPSA) is 89.3 Å². The molecule has 1 unspecified atom stereocenters. The number of benzene rings is 1. The fourth-order valence-electron chi connectivity index (χ4n) is 1.98. The van der Waals surface area contributed by atoms with Crippen molar-refractivity contribution in [3.8, 4) is 0 Å². The van der Waals surface area contributed by atoms with Crippen LogP contribution in [-0.2, 0) is 16.8 Å². The number of carbonyl (C=O) groups is 1. The lowest BCUT2D eigenvalue weighted by Crippen LogP contribution is -2.42. The summed E-state index contributed by atoms with van der Waals surface area (Å²) in [6.07, 6.45) is 1.07. The van der Waals surface area contributed by atoms with Gasteiger partial charge in [0, 0.05) is 5.69 Å². The average molecular weight is 192 g/mol. The SMILES string of the molecule is Nc1cccc2c1CCC2(N)C(=O)O. The molecule has 0 spiro atoms. The third kappa shape index (κ3) is 1.01. The Kier molecular flexibility index (Phi) is 1.75. The lowest BCUT2D eigenvalue weighted by molar-refractivity contribution is -0.143. The monoisotopic (exact) mass is 192 g/mol. The molecule has 0 bridgehead atoms. The Bertz CT molecular complexity index is 403. The third-order valence-electron chi connectivity index (χ3n) is 2.84. The van der Waals surface area contributed by atoms with Crippen molar-refractivity contribution in [2.45, 2.75) is 18.4 Å². The Morgan fingerprint density at radius 3 is 2.86 bits per heavy atom. The van der Waals surface area contributed by atoms with Crippen LogP contribution in [-0.4, -0.2) is 11.1 Å². The molecule has 74 valence electrons. The normalized spacial score (nSPS) is 24.6. The second kappa shape index (κ2) is 2.72. The van der Waals surface area contributed by atoms with Gasteiger partial charge in [0.2, 0.25) is 0 Å². The molecule has 0 aliphatic heterocycles. The number of hydrogen-bond donors (Lipinski definition) is 3. The fraction of sp³-hybridized carbons (Fsp3) is 0.300. The van der Waals surface area contributed by atoms with Crippen molar-refractivity contribution in [2.24, 2.45) is 5.73 Å². The molecule has 2 rings (SSSR count). The molecular weight excluding hydrogens is 180 g/mol. The quantitative estimate of drug-likeness (QED) is 0.564. The van der Waals surface area contributed by atoms with Gasteiger partial charge >= 0.3 is 5.97 Å². The van der Waals surface area contributed by atoms with E-state index in [-0.39, 0.29) is 0 Å². The van der Waals surface area contributed by atoms with E-state index in [9.17, 15) is 4.79 Å². The van der Waals surface area contributed by atoms with Crippen molar-refractivity contribution in [1.29, 1.82) is 0 Å². The maximum atomic E-state index is 11.0. The molecule has 1 aliphatic rings. The van der Waals surface area contributed by atoms with E-state index in [4.69, 9.17) is 16.6 Å². The molecule has 4 heteroatoms. The number of nitrogen functional groups attached to an aromatic ring is 1.